The van der Waals surface area contributed by atoms with E-state index in [-0.39, 0.29) is 18.1 Å². The molecule has 0 saturated heterocycles. The minimum Gasteiger partial charge on any atom is -0.490 e. The molecule has 1 aromatic heterocycles. The van der Waals surface area contributed by atoms with Gasteiger partial charge in [-0.2, -0.15) is 0 Å². The summed E-state index contributed by atoms with van der Waals surface area (Å²) in [6, 6.07) is 6.83. The molecule has 0 saturated carbocycles. The van der Waals surface area contributed by atoms with Crippen molar-refractivity contribution in [3.8, 4) is 5.75 Å². The topological polar surface area (TPSA) is 83.7 Å². The van der Waals surface area contributed by atoms with Crippen molar-refractivity contribution >= 4 is 6.03 Å². The van der Waals surface area contributed by atoms with E-state index in [0.717, 1.165) is 16.9 Å². The van der Waals surface area contributed by atoms with Crippen molar-refractivity contribution < 1.29 is 19.1 Å². The molecular formula is C19H24N2O4. The molecule has 0 bridgehead atoms. The number of aliphatic hydroxyl groups is 1. The fourth-order valence-electron chi connectivity index (χ4n) is 3.07. The predicted molar refractivity (Wildman–Crippen MR) is 93.6 cm³/mol. The Hall–Kier alpha value is -2.47. The van der Waals surface area contributed by atoms with Gasteiger partial charge in [-0.15, -0.1) is 0 Å². The van der Waals surface area contributed by atoms with Crippen LogP contribution in [-0.4, -0.2) is 23.8 Å². The van der Waals surface area contributed by atoms with Gasteiger partial charge in [-0.25, -0.2) is 4.79 Å². The molecule has 3 atom stereocenters. The average molecular weight is 344 g/mol. The van der Waals surface area contributed by atoms with Gasteiger partial charge < -0.3 is 24.9 Å². The van der Waals surface area contributed by atoms with Crippen molar-refractivity contribution in [2.75, 3.05) is 6.61 Å². The first-order chi connectivity index (χ1) is 12.0. The number of aliphatic hydroxyl groups excluding tert-OH is 1. The normalized spacial score (nSPS) is 18.2. The van der Waals surface area contributed by atoms with Crippen molar-refractivity contribution in [1.82, 2.24) is 10.6 Å². The Morgan fingerprint density at radius 1 is 1.36 bits per heavy atom. The first-order valence-electron chi connectivity index (χ1n) is 8.47. The molecule has 2 amide bonds. The molecular weight excluding hydrogens is 320 g/mol. The third-order valence-corrected chi connectivity index (χ3v) is 4.61. The summed E-state index contributed by atoms with van der Waals surface area (Å²) in [4.78, 5) is 12.3. The molecule has 0 aliphatic carbocycles. The maximum atomic E-state index is 12.3. The first kappa shape index (κ1) is 17.4. The van der Waals surface area contributed by atoms with E-state index in [1.807, 2.05) is 32.9 Å². The summed E-state index contributed by atoms with van der Waals surface area (Å²) >= 11 is 0. The lowest BCUT2D eigenvalue weighted by Gasteiger charge is -2.19. The van der Waals surface area contributed by atoms with E-state index >= 15 is 0 Å². The van der Waals surface area contributed by atoms with Crippen LogP contribution in [0.5, 0.6) is 5.75 Å². The lowest BCUT2D eigenvalue weighted by molar-refractivity contribution is 0.129. The Morgan fingerprint density at radius 2 is 2.16 bits per heavy atom. The Labute approximate surface area is 147 Å². The Kier molecular flexibility index (Phi) is 4.99. The van der Waals surface area contributed by atoms with Crippen LogP contribution in [0.15, 0.2) is 34.9 Å². The van der Waals surface area contributed by atoms with E-state index in [2.05, 4.69) is 10.6 Å². The summed E-state index contributed by atoms with van der Waals surface area (Å²) in [6.07, 6.45) is 1.15. The maximum Gasteiger partial charge on any atom is 0.315 e. The quantitative estimate of drug-likeness (QED) is 0.778. The minimum absolute atomic E-state index is 0.170. The Bertz CT molecular complexity index is 742. The van der Waals surface area contributed by atoms with Gasteiger partial charge in [0.15, 0.2) is 0 Å². The number of benzene rings is 1. The molecule has 0 fully saturated rings. The van der Waals surface area contributed by atoms with E-state index in [0.29, 0.717) is 18.8 Å². The summed E-state index contributed by atoms with van der Waals surface area (Å²) in [6.45, 7) is 6.34. The largest absolute Gasteiger partial charge is 0.490 e. The third kappa shape index (κ3) is 3.79. The van der Waals surface area contributed by atoms with Gasteiger partial charge in [0, 0.05) is 18.0 Å². The summed E-state index contributed by atoms with van der Waals surface area (Å²) in [5.41, 5.74) is 3.28. The summed E-state index contributed by atoms with van der Waals surface area (Å²) in [7, 11) is 0. The standard InChI is InChI=1S/C19H24N2O4/c1-11-6-7-14-15(10-25-18(14)13(11)3)21-19(23)20-12(2)9-16(22)17-5-4-8-24-17/h4-8,12,15-16,22H,9-10H2,1-3H3,(H2,20,21,23). The van der Waals surface area contributed by atoms with E-state index in [1.165, 1.54) is 11.8 Å². The lowest BCUT2D eigenvalue weighted by Crippen LogP contribution is -2.43. The number of fused-ring (bicyclic) bond motifs is 1. The fourth-order valence-corrected chi connectivity index (χ4v) is 3.07. The SMILES string of the molecule is Cc1ccc2c(c1C)OCC2NC(=O)NC(C)CC(O)c1ccco1. The number of hydrogen-bond donors (Lipinski definition) is 3. The van der Waals surface area contributed by atoms with Crippen LogP contribution < -0.4 is 15.4 Å². The van der Waals surface area contributed by atoms with E-state index in [1.54, 1.807) is 12.1 Å². The molecule has 3 rings (SSSR count). The molecule has 0 spiro atoms. The second-order valence-electron chi connectivity index (χ2n) is 6.58. The van der Waals surface area contributed by atoms with Crippen LogP contribution in [0, 0.1) is 13.8 Å². The third-order valence-electron chi connectivity index (χ3n) is 4.61. The minimum atomic E-state index is -0.744. The van der Waals surface area contributed by atoms with Crippen molar-refractivity contribution in [3.05, 3.63) is 53.0 Å². The highest BCUT2D eigenvalue weighted by atomic mass is 16.5. The van der Waals surface area contributed by atoms with Crippen molar-refractivity contribution in [1.29, 1.82) is 0 Å². The number of furan rings is 1. The predicted octanol–water partition coefficient (Wildman–Crippen LogP) is 3.14. The number of carbonyl (C=O) groups is 1. The molecule has 1 aliphatic heterocycles. The highest BCUT2D eigenvalue weighted by Gasteiger charge is 2.28. The number of ether oxygens (including phenoxy) is 1. The molecule has 1 aromatic carbocycles. The Morgan fingerprint density at radius 3 is 2.88 bits per heavy atom. The number of amides is 2. The summed E-state index contributed by atoms with van der Waals surface area (Å²) in [5.74, 6) is 1.37. The number of carbonyl (C=O) groups excluding carboxylic acids is 1. The number of rotatable bonds is 5. The second kappa shape index (κ2) is 7.19. The highest BCUT2D eigenvalue weighted by Crippen LogP contribution is 2.36. The molecule has 2 aromatic rings. The van der Waals surface area contributed by atoms with Gasteiger partial charge >= 0.3 is 6.03 Å². The highest BCUT2D eigenvalue weighted by molar-refractivity contribution is 5.75. The molecule has 3 unspecified atom stereocenters. The molecule has 6 heteroatoms. The van der Waals surface area contributed by atoms with Crippen LogP contribution in [-0.2, 0) is 0 Å². The van der Waals surface area contributed by atoms with Crippen LogP contribution >= 0.6 is 0 Å². The monoisotopic (exact) mass is 344 g/mol. The lowest BCUT2D eigenvalue weighted by atomic mass is 10.0. The average Bonchev–Trinajstić information content (AvgIpc) is 3.21. The van der Waals surface area contributed by atoms with Crippen LogP contribution in [0.2, 0.25) is 0 Å². The van der Waals surface area contributed by atoms with Crippen molar-refractivity contribution in [3.63, 3.8) is 0 Å². The zero-order valence-electron chi connectivity index (χ0n) is 14.7. The van der Waals surface area contributed by atoms with E-state index in [9.17, 15) is 9.90 Å². The van der Waals surface area contributed by atoms with Gasteiger partial charge in [-0.05, 0) is 44.0 Å². The molecule has 1 aliphatic rings. The summed E-state index contributed by atoms with van der Waals surface area (Å²) < 4.78 is 10.9. The van der Waals surface area contributed by atoms with Crippen molar-refractivity contribution in [2.45, 2.75) is 45.4 Å². The second-order valence-corrected chi connectivity index (χ2v) is 6.58. The number of hydrogen-bond acceptors (Lipinski definition) is 4. The zero-order chi connectivity index (χ0) is 18.0. The van der Waals surface area contributed by atoms with E-state index in [4.69, 9.17) is 9.15 Å². The van der Waals surface area contributed by atoms with E-state index < -0.39 is 6.10 Å². The number of nitrogens with one attached hydrogen (secondary N) is 2. The van der Waals surface area contributed by atoms with Gasteiger partial charge in [-0.1, -0.05) is 12.1 Å². The molecule has 3 N–H and O–H groups in total. The van der Waals surface area contributed by atoms with Gasteiger partial charge in [0.25, 0.3) is 0 Å². The van der Waals surface area contributed by atoms with Gasteiger partial charge in [-0.3, -0.25) is 0 Å². The van der Waals surface area contributed by atoms with Gasteiger partial charge in [0.1, 0.15) is 24.2 Å². The van der Waals surface area contributed by atoms with Crippen LogP contribution in [0.3, 0.4) is 0 Å². The molecule has 2 heterocycles. The zero-order valence-corrected chi connectivity index (χ0v) is 14.7. The first-order valence-corrected chi connectivity index (χ1v) is 8.47. The molecule has 6 nitrogen and oxygen atoms in total. The van der Waals surface area contributed by atoms with Crippen LogP contribution in [0.25, 0.3) is 0 Å². The number of urea groups is 1. The molecule has 134 valence electrons. The van der Waals surface area contributed by atoms with Gasteiger partial charge in [0.2, 0.25) is 0 Å². The molecule has 0 radical (unpaired) electrons. The number of aryl methyl sites for hydroxylation is 1. The fraction of sp³-hybridized carbons (Fsp3) is 0.421. The summed E-state index contributed by atoms with van der Waals surface area (Å²) in [5, 5.41) is 15.9. The maximum absolute atomic E-state index is 12.3. The van der Waals surface area contributed by atoms with Crippen LogP contribution in [0.4, 0.5) is 4.79 Å². The van der Waals surface area contributed by atoms with Gasteiger partial charge in [0.05, 0.1) is 12.3 Å². The Balaban J connectivity index is 1.55. The molecule has 25 heavy (non-hydrogen) atoms. The van der Waals surface area contributed by atoms with Crippen molar-refractivity contribution in [2.24, 2.45) is 0 Å². The van der Waals surface area contributed by atoms with Crippen LogP contribution in [0.1, 0.15) is 47.9 Å². The smallest absolute Gasteiger partial charge is 0.315 e.